The molecule has 0 spiro atoms. The van der Waals surface area contributed by atoms with E-state index in [0.717, 1.165) is 60.0 Å². The van der Waals surface area contributed by atoms with Gasteiger partial charge in [-0.1, -0.05) is 23.7 Å². The zero-order chi connectivity index (χ0) is 18.2. The van der Waals surface area contributed by atoms with Crippen LogP contribution in [0.5, 0.6) is 11.5 Å². The second-order valence-electron chi connectivity index (χ2n) is 7.34. The number of aromatic nitrogens is 2. The first-order valence-electron chi connectivity index (χ1n) is 9.49. The summed E-state index contributed by atoms with van der Waals surface area (Å²) in [5.41, 5.74) is 2.11. The van der Waals surface area contributed by atoms with Crippen molar-refractivity contribution in [1.29, 1.82) is 0 Å². The van der Waals surface area contributed by atoms with E-state index in [-0.39, 0.29) is 6.10 Å². The largest absolute Gasteiger partial charge is 0.486 e. The highest BCUT2D eigenvalue weighted by Gasteiger charge is 2.27. The summed E-state index contributed by atoms with van der Waals surface area (Å²) in [5.74, 6) is 1.68. The summed E-state index contributed by atoms with van der Waals surface area (Å²) in [4.78, 5) is 7.02. The molecule has 0 saturated carbocycles. The van der Waals surface area contributed by atoms with E-state index in [9.17, 15) is 0 Å². The molecule has 0 bridgehead atoms. The number of benzene rings is 2. The Bertz CT molecular complexity index is 958. The van der Waals surface area contributed by atoms with Crippen molar-refractivity contribution in [2.75, 3.05) is 26.2 Å². The highest BCUT2D eigenvalue weighted by Crippen LogP contribution is 2.32. The fourth-order valence-corrected chi connectivity index (χ4v) is 4.32. The first kappa shape index (κ1) is 16.9. The normalized spacial score (nSPS) is 22.9. The summed E-state index contributed by atoms with van der Waals surface area (Å²) in [6, 6.07) is 14.2. The van der Waals surface area contributed by atoms with E-state index in [1.807, 2.05) is 48.8 Å². The molecule has 0 radical (unpaired) electrons. The van der Waals surface area contributed by atoms with Crippen molar-refractivity contribution in [1.82, 2.24) is 14.5 Å². The summed E-state index contributed by atoms with van der Waals surface area (Å²) in [6.45, 7) is 3.55. The number of nitrogens with zero attached hydrogens (tertiary/aromatic N) is 3. The van der Waals surface area contributed by atoms with E-state index in [1.54, 1.807) is 0 Å². The van der Waals surface area contributed by atoms with Gasteiger partial charge in [0, 0.05) is 24.2 Å². The molecule has 1 saturated heterocycles. The first-order valence-corrected chi connectivity index (χ1v) is 9.87. The number of halogens is 1. The van der Waals surface area contributed by atoms with E-state index in [1.165, 1.54) is 0 Å². The molecule has 5 rings (SSSR count). The molecule has 0 N–H and O–H groups in total. The van der Waals surface area contributed by atoms with Gasteiger partial charge in [0.1, 0.15) is 12.7 Å². The second-order valence-corrected chi connectivity index (χ2v) is 7.77. The predicted octanol–water partition coefficient (Wildman–Crippen LogP) is 4.17. The summed E-state index contributed by atoms with van der Waals surface area (Å²) in [5, 5.41) is 0.753. The van der Waals surface area contributed by atoms with Gasteiger partial charge in [0.05, 0.1) is 17.4 Å². The molecule has 2 aliphatic heterocycles. The molecule has 1 aromatic heterocycles. The lowest BCUT2D eigenvalue weighted by atomic mass is 10.0. The van der Waals surface area contributed by atoms with Crippen LogP contribution in [0.3, 0.4) is 0 Å². The van der Waals surface area contributed by atoms with Gasteiger partial charge in [-0.15, -0.1) is 0 Å². The Hall–Kier alpha value is -2.24. The molecule has 2 aliphatic rings. The SMILES string of the molecule is Clc1ccc2ncn(C3CCCN(CC4COc5ccccc5O4)C3)c2c1. The number of para-hydroxylation sites is 2. The van der Waals surface area contributed by atoms with Crippen LogP contribution in [-0.2, 0) is 0 Å². The molecule has 0 amide bonds. The van der Waals surface area contributed by atoms with Gasteiger partial charge in [-0.05, 0) is 49.7 Å². The number of piperidine rings is 1. The Labute approximate surface area is 163 Å². The quantitative estimate of drug-likeness (QED) is 0.680. The molecule has 140 valence electrons. The van der Waals surface area contributed by atoms with Crippen molar-refractivity contribution in [2.45, 2.75) is 25.0 Å². The van der Waals surface area contributed by atoms with Crippen LogP contribution in [0.25, 0.3) is 11.0 Å². The smallest absolute Gasteiger partial charge is 0.161 e. The summed E-state index contributed by atoms with van der Waals surface area (Å²) in [7, 11) is 0. The van der Waals surface area contributed by atoms with E-state index in [4.69, 9.17) is 21.1 Å². The van der Waals surface area contributed by atoms with Gasteiger partial charge in [-0.25, -0.2) is 4.98 Å². The van der Waals surface area contributed by atoms with Gasteiger partial charge in [-0.2, -0.15) is 0 Å². The van der Waals surface area contributed by atoms with Crippen molar-refractivity contribution < 1.29 is 9.47 Å². The molecule has 2 atom stereocenters. The van der Waals surface area contributed by atoms with Crippen molar-refractivity contribution in [3.05, 3.63) is 53.8 Å². The average Bonchev–Trinajstić information content (AvgIpc) is 3.11. The van der Waals surface area contributed by atoms with Gasteiger partial charge >= 0.3 is 0 Å². The highest BCUT2D eigenvalue weighted by molar-refractivity contribution is 6.31. The molecular weight excluding hydrogens is 362 g/mol. The lowest BCUT2D eigenvalue weighted by Crippen LogP contribution is -2.45. The van der Waals surface area contributed by atoms with E-state index >= 15 is 0 Å². The van der Waals surface area contributed by atoms with Crippen LogP contribution in [0.2, 0.25) is 5.02 Å². The highest BCUT2D eigenvalue weighted by atomic mass is 35.5. The second kappa shape index (κ2) is 7.06. The Morgan fingerprint density at radius 1 is 1.15 bits per heavy atom. The van der Waals surface area contributed by atoms with Gasteiger partial charge in [-0.3, -0.25) is 4.90 Å². The molecule has 27 heavy (non-hydrogen) atoms. The molecule has 3 heterocycles. The van der Waals surface area contributed by atoms with Gasteiger partial charge in [0.2, 0.25) is 0 Å². The molecule has 6 heteroatoms. The topological polar surface area (TPSA) is 39.5 Å². The minimum atomic E-state index is 0.0626. The lowest BCUT2D eigenvalue weighted by molar-refractivity contribution is 0.0464. The number of likely N-dealkylation sites (tertiary alicyclic amines) is 1. The molecular formula is C21H22ClN3O2. The van der Waals surface area contributed by atoms with E-state index in [0.29, 0.717) is 12.6 Å². The molecule has 2 unspecified atom stereocenters. The fraction of sp³-hybridized carbons (Fsp3) is 0.381. The number of hydrogen-bond donors (Lipinski definition) is 0. The molecule has 1 fully saturated rings. The molecule has 3 aromatic rings. The van der Waals surface area contributed by atoms with Crippen LogP contribution < -0.4 is 9.47 Å². The van der Waals surface area contributed by atoms with Gasteiger partial charge in [0.25, 0.3) is 0 Å². The monoisotopic (exact) mass is 383 g/mol. The van der Waals surface area contributed by atoms with Gasteiger partial charge < -0.3 is 14.0 Å². The Kier molecular flexibility index (Phi) is 4.42. The van der Waals surface area contributed by atoms with Crippen LogP contribution in [0.4, 0.5) is 0 Å². The maximum Gasteiger partial charge on any atom is 0.161 e. The fourth-order valence-electron chi connectivity index (χ4n) is 4.16. The number of fused-ring (bicyclic) bond motifs is 2. The Morgan fingerprint density at radius 3 is 2.96 bits per heavy atom. The summed E-state index contributed by atoms with van der Waals surface area (Å²) in [6.07, 6.45) is 4.33. The summed E-state index contributed by atoms with van der Waals surface area (Å²) >= 11 is 6.20. The minimum absolute atomic E-state index is 0.0626. The maximum atomic E-state index is 6.20. The minimum Gasteiger partial charge on any atom is -0.486 e. The third-order valence-electron chi connectivity index (χ3n) is 5.44. The number of ether oxygens (including phenoxy) is 2. The van der Waals surface area contributed by atoms with Crippen molar-refractivity contribution >= 4 is 22.6 Å². The van der Waals surface area contributed by atoms with Crippen LogP contribution in [0.15, 0.2) is 48.8 Å². The zero-order valence-corrected chi connectivity index (χ0v) is 15.8. The van der Waals surface area contributed by atoms with Crippen molar-refractivity contribution in [3.8, 4) is 11.5 Å². The van der Waals surface area contributed by atoms with Crippen LogP contribution >= 0.6 is 11.6 Å². The molecule has 5 nitrogen and oxygen atoms in total. The average molecular weight is 384 g/mol. The van der Waals surface area contributed by atoms with Gasteiger partial charge in [0.15, 0.2) is 11.5 Å². The first-order chi connectivity index (χ1) is 13.3. The lowest BCUT2D eigenvalue weighted by Gasteiger charge is -2.36. The Balaban J connectivity index is 1.29. The number of hydrogen-bond acceptors (Lipinski definition) is 4. The molecule has 2 aromatic carbocycles. The van der Waals surface area contributed by atoms with Crippen molar-refractivity contribution in [3.63, 3.8) is 0 Å². The van der Waals surface area contributed by atoms with Crippen LogP contribution in [0, 0.1) is 0 Å². The van der Waals surface area contributed by atoms with E-state index < -0.39 is 0 Å². The van der Waals surface area contributed by atoms with Crippen molar-refractivity contribution in [2.24, 2.45) is 0 Å². The number of rotatable bonds is 3. The molecule has 0 aliphatic carbocycles. The zero-order valence-electron chi connectivity index (χ0n) is 15.1. The third kappa shape index (κ3) is 3.37. The van der Waals surface area contributed by atoms with Crippen LogP contribution in [-0.4, -0.2) is 46.8 Å². The predicted molar refractivity (Wildman–Crippen MR) is 106 cm³/mol. The number of imidazole rings is 1. The Morgan fingerprint density at radius 2 is 2.04 bits per heavy atom. The van der Waals surface area contributed by atoms with E-state index in [2.05, 4.69) is 14.5 Å². The maximum absolute atomic E-state index is 6.20. The standard InChI is InChI=1S/C21H22ClN3O2/c22-15-7-8-18-19(10-15)25(14-23-18)16-4-3-9-24(11-16)12-17-13-26-20-5-1-2-6-21(20)27-17/h1-2,5-8,10,14,16-17H,3-4,9,11-13H2. The summed E-state index contributed by atoms with van der Waals surface area (Å²) < 4.78 is 14.3. The third-order valence-corrected chi connectivity index (χ3v) is 5.68. The van der Waals surface area contributed by atoms with Crippen LogP contribution in [0.1, 0.15) is 18.9 Å².